The molecule has 0 aromatic rings. The van der Waals surface area contributed by atoms with Crippen LogP contribution in [-0.4, -0.2) is 52.7 Å². The maximum absolute atomic E-state index is 10.7. The highest BCUT2D eigenvalue weighted by Gasteiger charge is 2.49. The van der Waals surface area contributed by atoms with Crippen LogP contribution in [0.4, 0.5) is 0 Å². The zero-order valence-electron chi connectivity index (χ0n) is 12.0. The van der Waals surface area contributed by atoms with Crippen LogP contribution in [0.3, 0.4) is 0 Å². The third-order valence-electron chi connectivity index (χ3n) is 5.10. The highest BCUT2D eigenvalue weighted by atomic mass is 127. The van der Waals surface area contributed by atoms with Gasteiger partial charge in [0.1, 0.15) is 0 Å². The van der Waals surface area contributed by atoms with E-state index in [1.807, 2.05) is 11.8 Å². The molecule has 2 aliphatic carbocycles. The first-order valence-corrected chi connectivity index (χ1v) is 8.68. The molecule has 3 rings (SSSR count). The van der Waals surface area contributed by atoms with Gasteiger partial charge in [0.15, 0.2) is 5.96 Å². The second-order valence-electron chi connectivity index (χ2n) is 6.27. The normalized spacial score (nSPS) is 37.0. The Bertz CT molecular complexity index is 362. The highest BCUT2D eigenvalue weighted by molar-refractivity contribution is 14.0. The van der Waals surface area contributed by atoms with Gasteiger partial charge in [-0.3, -0.25) is 4.99 Å². The number of halogens is 1. The Morgan fingerprint density at radius 2 is 2.10 bits per heavy atom. The Kier molecular flexibility index (Phi) is 5.88. The molecule has 1 heterocycles. The minimum absolute atomic E-state index is 0. The van der Waals surface area contributed by atoms with Gasteiger partial charge in [0.2, 0.25) is 0 Å². The average molecular weight is 411 g/mol. The molecule has 3 unspecified atom stereocenters. The summed E-state index contributed by atoms with van der Waals surface area (Å²) in [5.41, 5.74) is 5.60. The number of hydrogen-bond acceptors (Lipinski definition) is 3. The summed E-state index contributed by atoms with van der Waals surface area (Å²) in [6.45, 7) is 2.69. The van der Waals surface area contributed by atoms with E-state index in [2.05, 4.69) is 9.89 Å². The molecule has 0 aromatic carbocycles. The zero-order chi connectivity index (χ0) is 13.3. The summed E-state index contributed by atoms with van der Waals surface area (Å²) in [5, 5.41) is 10.7. The largest absolute Gasteiger partial charge is 0.390 e. The summed E-state index contributed by atoms with van der Waals surface area (Å²) in [6, 6.07) is 0. The first kappa shape index (κ1) is 16.7. The van der Waals surface area contributed by atoms with Crippen LogP contribution in [0.1, 0.15) is 32.1 Å². The van der Waals surface area contributed by atoms with Gasteiger partial charge in [0.25, 0.3) is 0 Å². The smallest absolute Gasteiger partial charge is 0.191 e. The standard InChI is InChI=1S/C14H25N3OS.HI/c15-13(17-5-7-19-8-6-17)16-4-3-14(18)10-11-1-2-12(14)9-11;/h11-12,18H,1-10H2,(H2,15,16);1H. The molecule has 116 valence electrons. The van der Waals surface area contributed by atoms with Crippen LogP contribution in [-0.2, 0) is 0 Å². The summed E-state index contributed by atoms with van der Waals surface area (Å²) >= 11 is 1.98. The van der Waals surface area contributed by atoms with E-state index < -0.39 is 5.60 Å². The molecule has 3 fully saturated rings. The first-order chi connectivity index (χ1) is 9.17. The summed E-state index contributed by atoms with van der Waals surface area (Å²) in [4.78, 5) is 6.66. The van der Waals surface area contributed by atoms with E-state index in [9.17, 15) is 5.11 Å². The maximum atomic E-state index is 10.7. The van der Waals surface area contributed by atoms with Gasteiger partial charge in [-0.25, -0.2) is 0 Å². The van der Waals surface area contributed by atoms with E-state index in [0.29, 0.717) is 18.4 Å². The van der Waals surface area contributed by atoms with E-state index in [1.165, 1.54) is 19.3 Å². The van der Waals surface area contributed by atoms with Crippen molar-refractivity contribution >= 4 is 41.7 Å². The minimum atomic E-state index is -0.440. The van der Waals surface area contributed by atoms with Gasteiger partial charge in [-0.15, -0.1) is 24.0 Å². The Labute approximate surface area is 143 Å². The Morgan fingerprint density at radius 1 is 1.35 bits per heavy atom. The SMILES string of the molecule is I.NC(=NCCC1(O)CC2CCC1C2)N1CCSCC1. The van der Waals surface area contributed by atoms with E-state index in [1.54, 1.807) is 0 Å². The molecule has 0 spiro atoms. The number of guanidine groups is 1. The molecule has 6 heteroatoms. The lowest BCUT2D eigenvalue weighted by Crippen LogP contribution is -2.43. The third kappa shape index (κ3) is 3.55. The number of nitrogens with zero attached hydrogens (tertiary/aromatic N) is 2. The Hall–Kier alpha value is 0.310. The molecule has 4 nitrogen and oxygen atoms in total. The van der Waals surface area contributed by atoms with Gasteiger partial charge in [-0.05, 0) is 43.9 Å². The number of aliphatic hydroxyl groups is 1. The van der Waals surface area contributed by atoms with E-state index in [0.717, 1.165) is 43.4 Å². The summed E-state index contributed by atoms with van der Waals surface area (Å²) in [7, 11) is 0. The van der Waals surface area contributed by atoms with Crippen molar-refractivity contribution in [2.24, 2.45) is 22.6 Å². The lowest BCUT2D eigenvalue weighted by atomic mass is 9.82. The van der Waals surface area contributed by atoms with Crippen molar-refractivity contribution in [3.05, 3.63) is 0 Å². The van der Waals surface area contributed by atoms with Crippen LogP contribution in [0.2, 0.25) is 0 Å². The molecule has 2 saturated carbocycles. The number of rotatable bonds is 3. The molecular formula is C14H26IN3OS. The third-order valence-corrected chi connectivity index (χ3v) is 6.04. The fourth-order valence-electron chi connectivity index (χ4n) is 3.98. The number of nitrogens with two attached hydrogens (primary N) is 1. The van der Waals surface area contributed by atoms with Crippen LogP contribution in [0.5, 0.6) is 0 Å². The van der Waals surface area contributed by atoms with Crippen LogP contribution >= 0.6 is 35.7 Å². The van der Waals surface area contributed by atoms with Gasteiger partial charge in [-0.2, -0.15) is 11.8 Å². The van der Waals surface area contributed by atoms with Crippen molar-refractivity contribution in [1.29, 1.82) is 0 Å². The Morgan fingerprint density at radius 3 is 2.70 bits per heavy atom. The van der Waals surface area contributed by atoms with Gasteiger partial charge in [0.05, 0.1) is 5.60 Å². The summed E-state index contributed by atoms with van der Waals surface area (Å²) in [5.74, 6) is 4.26. The molecular weight excluding hydrogens is 385 g/mol. The summed E-state index contributed by atoms with van der Waals surface area (Å²) in [6.07, 6.45) is 5.55. The van der Waals surface area contributed by atoms with Crippen LogP contribution < -0.4 is 5.73 Å². The predicted molar refractivity (Wildman–Crippen MR) is 95.8 cm³/mol. The zero-order valence-corrected chi connectivity index (χ0v) is 15.1. The van der Waals surface area contributed by atoms with Gasteiger partial charge in [0, 0.05) is 31.1 Å². The van der Waals surface area contributed by atoms with Crippen molar-refractivity contribution in [2.75, 3.05) is 31.1 Å². The fourth-order valence-corrected chi connectivity index (χ4v) is 4.88. The minimum Gasteiger partial charge on any atom is -0.390 e. The van der Waals surface area contributed by atoms with Crippen LogP contribution in [0, 0.1) is 11.8 Å². The molecule has 3 N–H and O–H groups in total. The average Bonchev–Trinajstić information content (AvgIpc) is 3.00. The van der Waals surface area contributed by atoms with Crippen molar-refractivity contribution in [3.63, 3.8) is 0 Å². The molecule has 0 radical (unpaired) electrons. The maximum Gasteiger partial charge on any atom is 0.191 e. The molecule has 0 amide bonds. The second-order valence-corrected chi connectivity index (χ2v) is 7.50. The number of aliphatic imine (C=N–C) groups is 1. The quantitative estimate of drug-likeness (QED) is 0.423. The highest BCUT2D eigenvalue weighted by Crippen LogP contribution is 2.52. The number of hydrogen-bond donors (Lipinski definition) is 2. The molecule has 1 aliphatic heterocycles. The van der Waals surface area contributed by atoms with Crippen molar-refractivity contribution in [2.45, 2.75) is 37.7 Å². The van der Waals surface area contributed by atoms with E-state index in [-0.39, 0.29) is 24.0 Å². The Balaban J connectivity index is 0.00000147. The number of fused-ring (bicyclic) bond motifs is 2. The van der Waals surface area contributed by atoms with E-state index >= 15 is 0 Å². The van der Waals surface area contributed by atoms with E-state index in [4.69, 9.17) is 5.73 Å². The topological polar surface area (TPSA) is 61.9 Å². The number of thioether (sulfide) groups is 1. The van der Waals surface area contributed by atoms with Gasteiger partial charge in [-0.1, -0.05) is 0 Å². The van der Waals surface area contributed by atoms with Crippen molar-refractivity contribution in [1.82, 2.24) is 4.90 Å². The lowest BCUT2D eigenvalue weighted by Gasteiger charge is -2.32. The van der Waals surface area contributed by atoms with Gasteiger partial charge < -0.3 is 15.7 Å². The summed E-state index contributed by atoms with van der Waals surface area (Å²) < 4.78 is 0. The van der Waals surface area contributed by atoms with Crippen LogP contribution in [0.25, 0.3) is 0 Å². The molecule has 20 heavy (non-hydrogen) atoms. The molecule has 0 aromatic heterocycles. The van der Waals surface area contributed by atoms with Gasteiger partial charge >= 0.3 is 0 Å². The lowest BCUT2D eigenvalue weighted by molar-refractivity contribution is -0.0181. The molecule has 1 saturated heterocycles. The van der Waals surface area contributed by atoms with Crippen molar-refractivity contribution in [3.8, 4) is 0 Å². The second kappa shape index (κ2) is 7.05. The van der Waals surface area contributed by atoms with Crippen molar-refractivity contribution < 1.29 is 5.11 Å². The first-order valence-electron chi connectivity index (χ1n) is 7.52. The monoisotopic (exact) mass is 411 g/mol. The molecule has 3 atom stereocenters. The predicted octanol–water partition coefficient (Wildman–Crippen LogP) is 1.91. The molecule has 2 bridgehead atoms. The van der Waals surface area contributed by atoms with Crippen LogP contribution in [0.15, 0.2) is 4.99 Å². The fraction of sp³-hybridized carbons (Fsp3) is 0.929. The molecule has 3 aliphatic rings.